The summed E-state index contributed by atoms with van der Waals surface area (Å²) in [4.78, 5) is 0. The monoisotopic (exact) mass is 230 g/mol. The maximum Gasteiger partial charge on any atom is 0.0427 e. The molecule has 1 aromatic rings. The van der Waals surface area contributed by atoms with Crippen molar-refractivity contribution in [3.8, 4) is 0 Å². The molecule has 0 heterocycles. The van der Waals surface area contributed by atoms with Crippen LogP contribution in [0.4, 0.5) is 0 Å². The quantitative estimate of drug-likeness (QED) is 0.803. The van der Waals surface area contributed by atoms with Crippen LogP contribution in [0.25, 0.3) is 6.08 Å². The molecule has 0 aliphatic heterocycles. The summed E-state index contributed by atoms with van der Waals surface area (Å²) in [5.41, 5.74) is 6.37. The van der Waals surface area contributed by atoms with Gasteiger partial charge in [0.05, 0.1) is 0 Å². The predicted octanol–water partition coefficient (Wildman–Crippen LogP) is 3.08. The Morgan fingerprint density at radius 2 is 1.94 bits per heavy atom. The summed E-state index contributed by atoms with van der Waals surface area (Å²) < 4.78 is 0. The summed E-state index contributed by atoms with van der Waals surface area (Å²) in [7, 11) is 4.13. The van der Waals surface area contributed by atoms with E-state index in [1.54, 1.807) is 0 Å². The second kappa shape index (κ2) is 5.99. The van der Waals surface area contributed by atoms with E-state index in [2.05, 4.69) is 60.9 Å². The molecule has 2 heteroatoms. The first-order chi connectivity index (χ1) is 8.25. The first kappa shape index (κ1) is 12.3. The lowest BCUT2D eigenvalue weighted by Crippen LogP contribution is -2.42. The average molecular weight is 230 g/mol. The zero-order chi connectivity index (χ0) is 12.1. The van der Waals surface area contributed by atoms with Crippen LogP contribution in [0.1, 0.15) is 31.2 Å². The molecular formula is C15H22N2. The highest BCUT2D eigenvalue weighted by atomic mass is 15.5. The number of rotatable bonds is 3. The van der Waals surface area contributed by atoms with Crippen molar-refractivity contribution >= 4 is 6.08 Å². The van der Waals surface area contributed by atoms with Gasteiger partial charge in [0, 0.05) is 20.1 Å². The first-order valence-corrected chi connectivity index (χ1v) is 6.45. The number of hydrazine groups is 1. The van der Waals surface area contributed by atoms with Crippen molar-refractivity contribution in [3.63, 3.8) is 0 Å². The molecule has 1 aliphatic carbocycles. The lowest BCUT2D eigenvalue weighted by molar-refractivity contribution is 0.239. The minimum atomic E-state index is 0.513. The summed E-state index contributed by atoms with van der Waals surface area (Å²) in [5, 5.41) is 2.06. The number of nitrogens with zero attached hydrogens (tertiary/aromatic N) is 1. The molecule has 0 radical (unpaired) electrons. The number of nitrogens with one attached hydrogen (secondary N) is 1. The van der Waals surface area contributed by atoms with Gasteiger partial charge in [-0.25, -0.2) is 5.43 Å². The molecule has 1 atom stereocenters. The van der Waals surface area contributed by atoms with Crippen LogP contribution in [0, 0.1) is 0 Å². The zero-order valence-corrected chi connectivity index (χ0v) is 10.8. The van der Waals surface area contributed by atoms with Gasteiger partial charge in [0.1, 0.15) is 0 Å². The van der Waals surface area contributed by atoms with Gasteiger partial charge in [0.2, 0.25) is 0 Å². The Labute approximate surface area is 104 Å². The maximum atomic E-state index is 3.52. The van der Waals surface area contributed by atoms with Crippen molar-refractivity contribution in [3.05, 3.63) is 41.5 Å². The van der Waals surface area contributed by atoms with Crippen LogP contribution in [-0.2, 0) is 0 Å². The van der Waals surface area contributed by atoms with E-state index in [0.717, 1.165) is 0 Å². The van der Waals surface area contributed by atoms with E-state index in [0.29, 0.717) is 6.04 Å². The van der Waals surface area contributed by atoms with E-state index in [-0.39, 0.29) is 0 Å². The van der Waals surface area contributed by atoms with Gasteiger partial charge in [-0.2, -0.15) is 0 Å². The van der Waals surface area contributed by atoms with E-state index in [1.165, 1.54) is 36.8 Å². The third kappa shape index (κ3) is 3.69. The fourth-order valence-corrected chi connectivity index (χ4v) is 2.43. The Hall–Kier alpha value is -1.12. The van der Waals surface area contributed by atoms with Gasteiger partial charge < -0.3 is 0 Å². The van der Waals surface area contributed by atoms with Crippen molar-refractivity contribution < 1.29 is 0 Å². The molecule has 1 aromatic carbocycles. The van der Waals surface area contributed by atoms with Gasteiger partial charge in [0.15, 0.2) is 0 Å². The Balaban J connectivity index is 2.13. The molecule has 92 valence electrons. The number of hydrogen-bond acceptors (Lipinski definition) is 2. The van der Waals surface area contributed by atoms with Gasteiger partial charge in [-0.05, 0) is 24.8 Å². The molecule has 0 amide bonds. The Morgan fingerprint density at radius 1 is 1.18 bits per heavy atom. The van der Waals surface area contributed by atoms with Crippen molar-refractivity contribution in [2.24, 2.45) is 0 Å². The molecule has 0 saturated heterocycles. The fourth-order valence-electron chi connectivity index (χ4n) is 2.43. The smallest absolute Gasteiger partial charge is 0.0427 e. The first-order valence-electron chi connectivity index (χ1n) is 6.45. The summed E-state index contributed by atoms with van der Waals surface area (Å²) in [6, 6.07) is 11.1. The van der Waals surface area contributed by atoms with Crippen molar-refractivity contribution in [2.45, 2.75) is 31.7 Å². The fraction of sp³-hybridized carbons (Fsp3) is 0.467. The molecule has 17 heavy (non-hydrogen) atoms. The SMILES string of the molecule is CN(C)NC1CCCCC1=Cc1ccccc1. The average Bonchev–Trinajstić information content (AvgIpc) is 2.32. The highest BCUT2D eigenvalue weighted by Gasteiger charge is 2.18. The van der Waals surface area contributed by atoms with Crippen LogP contribution >= 0.6 is 0 Å². The van der Waals surface area contributed by atoms with Crippen molar-refractivity contribution in [2.75, 3.05) is 14.1 Å². The third-order valence-corrected chi connectivity index (χ3v) is 3.22. The second-order valence-electron chi connectivity index (χ2n) is 4.95. The minimum absolute atomic E-state index is 0.513. The molecule has 2 rings (SSSR count). The lowest BCUT2D eigenvalue weighted by Gasteiger charge is -2.29. The Morgan fingerprint density at radius 3 is 2.65 bits per heavy atom. The molecule has 2 nitrogen and oxygen atoms in total. The summed E-state index contributed by atoms with van der Waals surface area (Å²) in [6.45, 7) is 0. The largest absolute Gasteiger partial charge is 0.250 e. The normalized spacial score (nSPS) is 23.2. The van der Waals surface area contributed by atoms with Crippen LogP contribution in [0.15, 0.2) is 35.9 Å². The number of benzene rings is 1. The Kier molecular flexibility index (Phi) is 4.35. The molecule has 0 bridgehead atoms. The lowest BCUT2D eigenvalue weighted by atomic mass is 9.89. The van der Waals surface area contributed by atoms with Crippen molar-refractivity contribution in [1.29, 1.82) is 0 Å². The standard InChI is InChI=1S/C15H22N2/c1-17(2)16-15-11-7-6-10-14(15)12-13-8-4-3-5-9-13/h3-5,8-9,12,15-16H,6-7,10-11H2,1-2H3. The van der Waals surface area contributed by atoms with Crippen LogP contribution in [0.5, 0.6) is 0 Å². The molecule has 1 unspecified atom stereocenters. The summed E-state index contributed by atoms with van der Waals surface area (Å²) in [6.07, 6.45) is 7.47. The van der Waals surface area contributed by atoms with Crippen LogP contribution in [0.3, 0.4) is 0 Å². The highest BCUT2D eigenvalue weighted by molar-refractivity contribution is 5.54. The molecule has 1 aliphatic rings. The second-order valence-corrected chi connectivity index (χ2v) is 4.95. The van der Waals surface area contributed by atoms with E-state index in [1.807, 2.05) is 0 Å². The predicted molar refractivity (Wildman–Crippen MR) is 73.5 cm³/mol. The highest BCUT2D eigenvalue weighted by Crippen LogP contribution is 2.25. The van der Waals surface area contributed by atoms with Gasteiger partial charge in [-0.3, -0.25) is 5.01 Å². The molecule has 1 saturated carbocycles. The molecule has 0 spiro atoms. The van der Waals surface area contributed by atoms with Gasteiger partial charge in [-0.1, -0.05) is 48.4 Å². The zero-order valence-electron chi connectivity index (χ0n) is 10.8. The topological polar surface area (TPSA) is 15.3 Å². The number of hydrogen-bond donors (Lipinski definition) is 1. The summed E-state index contributed by atoms with van der Waals surface area (Å²) in [5.74, 6) is 0. The van der Waals surface area contributed by atoms with E-state index >= 15 is 0 Å². The molecule has 1 N–H and O–H groups in total. The molecule has 0 aromatic heterocycles. The third-order valence-electron chi connectivity index (χ3n) is 3.22. The van der Waals surface area contributed by atoms with E-state index in [9.17, 15) is 0 Å². The van der Waals surface area contributed by atoms with Gasteiger partial charge in [0.25, 0.3) is 0 Å². The van der Waals surface area contributed by atoms with E-state index in [4.69, 9.17) is 0 Å². The van der Waals surface area contributed by atoms with Gasteiger partial charge in [-0.15, -0.1) is 0 Å². The van der Waals surface area contributed by atoms with Crippen LogP contribution in [-0.4, -0.2) is 25.1 Å². The van der Waals surface area contributed by atoms with Crippen LogP contribution < -0.4 is 5.43 Å². The van der Waals surface area contributed by atoms with Crippen LogP contribution in [0.2, 0.25) is 0 Å². The molecular weight excluding hydrogens is 208 g/mol. The van der Waals surface area contributed by atoms with Crippen molar-refractivity contribution in [1.82, 2.24) is 10.4 Å². The summed E-state index contributed by atoms with van der Waals surface area (Å²) >= 11 is 0. The Bertz CT molecular complexity index is 368. The minimum Gasteiger partial charge on any atom is -0.250 e. The van der Waals surface area contributed by atoms with E-state index < -0.39 is 0 Å². The molecule has 1 fully saturated rings. The van der Waals surface area contributed by atoms with Gasteiger partial charge >= 0.3 is 0 Å². The maximum absolute atomic E-state index is 3.52.